The fraction of sp³-hybridized carbons (Fsp3) is 0.429. The molecule has 0 saturated carbocycles. The van der Waals surface area contributed by atoms with E-state index in [0.29, 0.717) is 5.57 Å². The molecule has 2 atom stereocenters. The molecule has 0 bridgehead atoms. The monoisotopic (exact) mass is 399 g/mol. The standard InChI is InChI=1S/C14H14N4O8S/c1-6(19)25-4-7-5-27-13-10(12(22)18(13)11(7)14(23)24)15-8(20)2-17-3-9(21)26-16-17/h3,10,13H,2,4-5H2,1H3,(H2-,15,16,20,21,23,24)/p+1/t10?,13-/m0/s1. The Morgan fingerprint density at radius 3 is 2.81 bits per heavy atom. The molecule has 3 heterocycles. The number of nitrogens with one attached hydrogen (secondary N) is 2. The van der Waals surface area contributed by atoms with Crippen molar-refractivity contribution in [1.29, 1.82) is 0 Å². The third kappa shape index (κ3) is 3.72. The second-order valence-electron chi connectivity index (χ2n) is 5.76. The van der Waals surface area contributed by atoms with Crippen molar-refractivity contribution in [3.63, 3.8) is 0 Å². The van der Waals surface area contributed by atoms with Crippen molar-refractivity contribution in [2.45, 2.75) is 24.9 Å². The molecule has 2 aliphatic heterocycles. The Labute approximate surface area is 155 Å². The minimum atomic E-state index is -1.31. The van der Waals surface area contributed by atoms with Gasteiger partial charge in [0, 0.05) is 18.2 Å². The molecular formula is C14H15N4O8S+. The van der Waals surface area contributed by atoms with E-state index in [2.05, 4.69) is 15.1 Å². The summed E-state index contributed by atoms with van der Waals surface area (Å²) in [6, 6.07) is -0.897. The number of carboxylic acids is 1. The third-order valence-corrected chi connectivity index (χ3v) is 5.19. The van der Waals surface area contributed by atoms with Gasteiger partial charge in [0.15, 0.2) is 0 Å². The quantitative estimate of drug-likeness (QED) is 0.268. The van der Waals surface area contributed by atoms with E-state index in [1.807, 2.05) is 0 Å². The number of hydrogen-bond donors (Lipinski definition) is 3. The molecule has 13 heteroatoms. The maximum Gasteiger partial charge on any atom is 0.426 e. The zero-order valence-electron chi connectivity index (χ0n) is 14.0. The van der Waals surface area contributed by atoms with Crippen LogP contribution < -0.4 is 15.6 Å². The van der Waals surface area contributed by atoms with Gasteiger partial charge in [-0.15, -0.1) is 11.8 Å². The van der Waals surface area contributed by atoms with Gasteiger partial charge >= 0.3 is 17.6 Å². The van der Waals surface area contributed by atoms with Gasteiger partial charge in [0.25, 0.3) is 24.6 Å². The van der Waals surface area contributed by atoms with Crippen LogP contribution in [0.25, 0.3) is 0 Å². The average molecular weight is 399 g/mol. The maximum absolute atomic E-state index is 12.4. The van der Waals surface area contributed by atoms with E-state index in [-0.39, 0.29) is 24.6 Å². The number of β-lactam (4-membered cyclic amide) rings is 1. The highest BCUT2D eigenvalue weighted by atomic mass is 32.2. The van der Waals surface area contributed by atoms with Crippen molar-refractivity contribution in [3.8, 4) is 0 Å². The van der Waals surface area contributed by atoms with Crippen LogP contribution >= 0.6 is 11.8 Å². The van der Waals surface area contributed by atoms with Crippen LogP contribution in [0, 0.1) is 0 Å². The summed E-state index contributed by atoms with van der Waals surface area (Å²) >= 11 is 1.25. The number of thioether (sulfide) groups is 1. The minimum Gasteiger partial charge on any atom is -0.477 e. The van der Waals surface area contributed by atoms with E-state index in [1.165, 1.54) is 18.7 Å². The van der Waals surface area contributed by atoms with Gasteiger partial charge in [0.1, 0.15) is 23.7 Å². The second-order valence-corrected chi connectivity index (χ2v) is 6.87. The fourth-order valence-electron chi connectivity index (χ4n) is 2.72. The lowest BCUT2D eigenvalue weighted by Gasteiger charge is -2.49. The van der Waals surface area contributed by atoms with Gasteiger partial charge in [0.05, 0.1) is 0 Å². The van der Waals surface area contributed by atoms with E-state index in [0.717, 1.165) is 15.8 Å². The Bertz CT molecular complexity index is 903. The zero-order valence-corrected chi connectivity index (χ0v) is 14.8. The predicted molar refractivity (Wildman–Crippen MR) is 85.8 cm³/mol. The number of aromatic amines is 1. The van der Waals surface area contributed by atoms with Crippen molar-refractivity contribution in [2.75, 3.05) is 12.4 Å². The molecule has 0 aromatic carbocycles. The van der Waals surface area contributed by atoms with E-state index >= 15 is 0 Å². The molecule has 1 aromatic rings. The van der Waals surface area contributed by atoms with Crippen LogP contribution in [0.15, 0.2) is 26.8 Å². The molecule has 12 nitrogen and oxygen atoms in total. The Hall–Kier alpha value is -3.09. The van der Waals surface area contributed by atoms with Crippen molar-refractivity contribution >= 4 is 35.5 Å². The normalized spacial score (nSPS) is 21.4. The molecule has 0 spiro atoms. The minimum absolute atomic E-state index is 0.220. The Balaban J connectivity index is 1.69. The number of esters is 1. The van der Waals surface area contributed by atoms with E-state index in [4.69, 9.17) is 4.74 Å². The molecule has 0 radical (unpaired) electrons. The number of aromatic nitrogens is 2. The highest BCUT2D eigenvalue weighted by Crippen LogP contribution is 2.40. The molecule has 1 unspecified atom stereocenters. The number of ether oxygens (including phenoxy) is 1. The summed E-state index contributed by atoms with van der Waals surface area (Å²) in [7, 11) is 0. The number of hydrogen-bond acceptors (Lipinski definition) is 8. The summed E-state index contributed by atoms with van der Waals surface area (Å²) in [5, 5.41) is 13.6. The lowest BCUT2D eigenvalue weighted by Crippen LogP contribution is -2.71. The first-order valence-corrected chi connectivity index (χ1v) is 8.73. The number of nitrogens with zero attached hydrogens (tertiary/aromatic N) is 2. The molecule has 1 aromatic heterocycles. The van der Waals surface area contributed by atoms with Crippen LogP contribution in [0.2, 0.25) is 0 Å². The molecule has 1 saturated heterocycles. The number of rotatable bonds is 6. The van der Waals surface area contributed by atoms with Gasteiger partial charge in [-0.05, 0) is 5.27 Å². The molecule has 0 aliphatic carbocycles. The molecule has 3 N–H and O–H groups in total. The number of H-pyrrole nitrogens is 1. The fourth-order valence-corrected chi connectivity index (χ4v) is 4.05. The van der Waals surface area contributed by atoms with Crippen molar-refractivity contribution in [2.24, 2.45) is 0 Å². The first-order chi connectivity index (χ1) is 12.8. The van der Waals surface area contributed by atoms with E-state index in [9.17, 15) is 29.1 Å². The van der Waals surface area contributed by atoms with Crippen LogP contribution in [0.3, 0.4) is 0 Å². The lowest BCUT2D eigenvalue weighted by molar-refractivity contribution is -0.751. The summed E-state index contributed by atoms with van der Waals surface area (Å²) in [5.74, 6) is -2.77. The number of carboxylic acid groups (broad SMARTS) is 1. The molecule has 27 heavy (non-hydrogen) atoms. The maximum atomic E-state index is 12.4. The van der Waals surface area contributed by atoms with Gasteiger partial charge in [-0.1, -0.05) is 4.68 Å². The Morgan fingerprint density at radius 1 is 1.48 bits per heavy atom. The number of fused-ring (bicyclic) bond motifs is 1. The first kappa shape index (κ1) is 18.7. The van der Waals surface area contributed by atoms with Gasteiger partial charge < -0.3 is 15.2 Å². The van der Waals surface area contributed by atoms with Gasteiger partial charge in [-0.2, -0.15) is 0 Å². The summed E-state index contributed by atoms with van der Waals surface area (Å²) in [5.41, 5.74) is -0.583. The van der Waals surface area contributed by atoms with E-state index < -0.39 is 40.8 Å². The molecular weight excluding hydrogens is 384 g/mol. The van der Waals surface area contributed by atoms with Gasteiger partial charge in [0.2, 0.25) is 0 Å². The van der Waals surface area contributed by atoms with Crippen LogP contribution in [-0.4, -0.2) is 62.8 Å². The molecule has 1 fully saturated rings. The summed E-state index contributed by atoms with van der Waals surface area (Å²) < 4.78 is 10.4. The van der Waals surface area contributed by atoms with E-state index in [1.54, 1.807) is 0 Å². The average Bonchev–Trinajstić information content (AvgIpc) is 3.01. The third-order valence-electron chi connectivity index (χ3n) is 3.85. The number of amides is 2. The lowest BCUT2D eigenvalue weighted by atomic mass is 10.0. The van der Waals surface area contributed by atoms with Crippen LogP contribution in [-0.2, 0) is 30.5 Å². The van der Waals surface area contributed by atoms with Crippen LogP contribution in [0.4, 0.5) is 0 Å². The topological polar surface area (TPSA) is 163 Å². The Kier molecular flexibility index (Phi) is 5.03. The highest BCUT2D eigenvalue weighted by Gasteiger charge is 2.54. The Morgan fingerprint density at radius 2 is 2.22 bits per heavy atom. The van der Waals surface area contributed by atoms with Crippen molar-refractivity contribution in [1.82, 2.24) is 15.5 Å². The van der Waals surface area contributed by atoms with Crippen molar-refractivity contribution in [3.05, 3.63) is 27.9 Å². The second kappa shape index (κ2) is 7.26. The summed E-state index contributed by atoms with van der Waals surface area (Å²) in [6.45, 7) is 0.708. The van der Waals surface area contributed by atoms with Crippen molar-refractivity contribution < 1.29 is 38.2 Å². The van der Waals surface area contributed by atoms with Gasteiger partial charge in [-0.25, -0.2) is 9.59 Å². The largest absolute Gasteiger partial charge is 0.477 e. The molecule has 2 amide bonds. The van der Waals surface area contributed by atoms with Crippen LogP contribution in [0.1, 0.15) is 6.92 Å². The highest BCUT2D eigenvalue weighted by molar-refractivity contribution is 8.00. The molecule has 3 rings (SSSR count). The first-order valence-electron chi connectivity index (χ1n) is 7.68. The smallest absolute Gasteiger partial charge is 0.426 e. The number of carbonyl (C=O) groups excluding carboxylic acids is 3. The van der Waals surface area contributed by atoms with Crippen LogP contribution in [0.5, 0.6) is 0 Å². The summed E-state index contributed by atoms with van der Waals surface area (Å²) in [4.78, 5) is 59.0. The zero-order chi connectivity index (χ0) is 19.7. The molecule has 144 valence electrons. The summed E-state index contributed by atoms with van der Waals surface area (Å²) in [6.07, 6.45) is 1.04. The SMILES string of the molecule is CC(=O)OCC1=C(C(=O)O)N2C(=O)C(NC(=O)C[n+]3cc(=O)o[nH]3)[C@@H]2SC1. The number of aliphatic carboxylic acids is 1. The molecule has 2 aliphatic rings. The van der Waals surface area contributed by atoms with Gasteiger partial charge in [-0.3, -0.25) is 23.8 Å². The number of carbonyl (C=O) groups is 4. The predicted octanol–water partition coefficient (Wildman–Crippen LogP) is -2.44.